The van der Waals surface area contributed by atoms with Crippen LogP contribution in [0.5, 0.6) is 0 Å². The van der Waals surface area contributed by atoms with Gasteiger partial charge in [0.15, 0.2) is 0 Å². The van der Waals surface area contributed by atoms with Gasteiger partial charge < -0.3 is 0 Å². The summed E-state index contributed by atoms with van der Waals surface area (Å²) in [5.74, 6) is 4.79. The lowest BCUT2D eigenvalue weighted by Gasteiger charge is -2.28. The van der Waals surface area contributed by atoms with Crippen molar-refractivity contribution in [3.05, 3.63) is 0 Å². The van der Waals surface area contributed by atoms with Crippen molar-refractivity contribution in [3.63, 3.8) is 0 Å². The minimum absolute atomic E-state index is 1.06. The molecule has 0 aliphatic heterocycles. The van der Waals surface area contributed by atoms with E-state index in [9.17, 15) is 0 Å². The maximum atomic E-state index is 2.39. The summed E-state index contributed by atoms with van der Waals surface area (Å²) in [6, 6.07) is 1.50. The number of fused-ring (bicyclic) bond motifs is 2. The minimum atomic E-state index is 1.06. The van der Waals surface area contributed by atoms with Crippen LogP contribution in [0.25, 0.3) is 0 Å². The first-order valence-electron chi connectivity index (χ1n) is 6.46. The van der Waals surface area contributed by atoms with Crippen molar-refractivity contribution in [2.45, 2.75) is 50.3 Å². The van der Waals surface area contributed by atoms with Gasteiger partial charge in [-0.25, -0.2) is 0 Å². The summed E-state index contributed by atoms with van der Waals surface area (Å²) in [5.41, 5.74) is 0. The van der Waals surface area contributed by atoms with Crippen LogP contribution in [0.3, 0.4) is 0 Å². The van der Waals surface area contributed by atoms with E-state index in [2.05, 4.69) is 18.7 Å². The Bertz CT molecular complexity index is 183. The average molecular weight is 228 g/mol. The van der Waals surface area contributed by atoms with E-state index in [0.29, 0.717) is 0 Å². The molecule has 4 atom stereocenters. The molecule has 0 aromatic rings. The van der Waals surface area contributed by atoms with Gasteiger partial charge >= 0.3 is 0 Å². The zero-order valence-electron chi connectivity index (χ0n) is 9.67. The highest BCUT2D eigenvalue weighted by molar-refractivity contribution is 7.99. The van der Waals surface area contributed by atoms with Crippen LogP contribution >= 0.6 is 11.8 Å². The Morgan fingerprint density at radius 3 is 2.79 bits per heavy atom. The summed E-state index contributed by atoms with van der Waals surface area (Å²) in [4.78, 5) is 0. The van der Waals surface area contributed by atoms with Crippen molar-refractivity contribution in [2.75, 3.05) is 5.75 Å². The zero-order chi connectivity index (χ0) is 9.97. The Morgan fingerprint density at radius 2 is 2.14 bits per heavy atom. The van der Waals surface area contributed by atoms with E-state index in [1.54, 1.807) is 19.3 Å². The van der Waals surface area contributed by atoms with Crippen molar-refractivity contribution >= 4 is 22.0 Å². The number of hydrogen-bond acceptors (Lipinski definition) is 1. The van der Waals surface area contributed by atoms with E-state index in [1.165, 1.54) is 34.9 Å². The van der Waals surface area contributed by atoms with Gasteiger partial charge in [0.05, 0.1) is 0 Å². The van der Waals surface area contributed by atoms with Gasteiger partial charge in [-0.3, -0.25) is 0 Å². The molecule has 14 heavy (non-hydrogen) atoms. The molecule has 0 saturated heterocycles. The van der Waals surface area contributed by atoms with Crippen LogP contribution in [-0.4, -0.2) is 21.2 Å². The van der Waals surface area contributed by atoms with E-state index in [-0.39, 0.29) is 0 Å². The maximum Gasteiger partial charge on any atom is 0.00807 e. The number of hydrogen-bond donors (Lipinski definition) is 0. The topological polar surface area (TPSA) is 0 Å². The Morgan fingerprint density at radius 1 is 1.29 bits per heavy atom. The third kappa shape index (κ3) is 2.21. The molecule has 2 heteroatoms. The summed E-state index contributed by atoms with van der Waals surface area (Å²) in [7, 11) is 1.41. The summed E-state index contributed by atoms with van der Waals surface area (Å²) in [5, 5.41) is 1.06. The molecule has 4 unspecified atom stereocenters. The van der Waals surface area contributed by atoms with Gasteiger partial charge in [0, 0.05) is 15.5 Å². The summed E-state index contributed by atoms with van der Waals surface area (Å²) < 4.78 is 0. The van der Waals surface area contributed by atoms with Gasteiger partial charge in [0.2, 0.25) is 0 Å². The molecule has 0 radical (unpaired) electrons. The van der Waals surface area contributed by atoms with Gasteiger partial charge in [-0.2, -0.15) is 11.8 Å². The van der Waals surface area contributed by atoms with Crippen molar-refractivity contribution in [3.8, 4) is 0 Å². The second kappa shape index (κ2) is 5.07. The van der Waals surface area contributed by atoms with Gasteiger partial charge in [-0.05, 0) is 49.2 Å². The van der Waals surface area contributed by atoms with Crippen LogP contribution in [0, 0.1) is 17.8 Å². The molecule has 0 N–H and O–H groups in total. The number of rotatable bonds is 5. The predicted octanol–water partition coefficient (Wildman–Crippen LogP) is 2.72. The van der Waals surface area contributed by atoms with E-state index in [4.69, 9.17) is 0 Å². The molecule has 2 aliphatic carbocycles. The quantitative estimate of drug-likeness (QED) is 0.515. The molecule has 0 aromatic heterocycles. The second-order valence-corrected chi connectivity index (χ2v) is 7.52. The van der Waals surface area contributed by atoms with Crippen LogP contribution in [0.2, 0.25) is 6.04 Å². The molecule has 2 rings (SSSR count). The average Bonchev–Trinajstić information content (AvgIpc) is 2.76. The molecule has 0 heterocycles. The predicted molar refractivity (Wildman–Crippen MR) is 70.2 cm³/mol. The Kier molecular flexibility index (Phi) is 4.00. The molecule has 0 aromatic carbocycles. The Labute approximate surface area is 96.0 Å². The zero-order valence-corrected chi connectivity index (χ0v) is 12.5. The third-order valence-electron chi connectivity index (χ3n) is 4.24. The molecule has 2 aliphatic rings. The fraction of sp³-hybridized carbons (Fsp3) is 1.00. The smallest absolute Gasteiger partial charge is 0.00807 e. The lowest BCUT2D eigenvalue weighted by atomic mass is 9.87. The van der Waals surface area contributed by atoms with E-state index >= 15 is 0 Å². The molecule has 0 nitrogen and oxygen atoms in total. The van der Waals surface area contributed by atoms with Gasteiger partial charge in [-0.1, -0.05) is 19.4 Å². The van der Waals surface area contributed by atoms with Crippen molar-refractivity contribution in [1.29, 1.82) is 0 Å². The molecule has 82 valence electrons. The Hall–Kier alpha value is 0.567. The summed E-state index contributed by atoms with van der Waals surface area (Å²) in [6.07, 6.45) is 7.64. The molecular weight excluding hydrogens is 204 g/mol. The molecule has 0 amide bonds. The normalized spacial score (nSPS) is 40.9. The Balaban J connectivity index is 1.78. The van der Waals surface area contributed by atoms with Crippen LogP contribution in [0.15, 0.2) is 0 Å². The highest BCUT2D eigenvalue weighted by Crippen LogP contribution is 2.53. The van der Waals surface area contributed by atoms with Crippen LogP contribution in [0.1, 0.15) is 39.0 Å². The van der Waals surface area contributed by atoms with E-state index in [1.807, 2.05) is 0 Å². The molecule has 2 saturated carbocycles. The first-order valence-corrected chi connectivity index (χ1v) is 8.93. The molecule has 0 spiro atoms. The van der Waals surface area contributed by atoms with Crippen molar-refractivity contribution in [2.24, 2.45) is 17.8 Å². The fourth-order valence-corrected chi connectivity index (χ4v) is 6.08. The molecule has 2 fully saturated rings. The lowest BCUT2D eigenvalue weighted by molar-refractivity contribution is 0.333. The van der Waals surface area contributed by atoms with E-state index < -0.39 is 0 Å². The molecule has 2 bridgehead atoms. The highest BCUT2D eigenvalue weighted by Gasteiger charge is 2.44. The first kappa shape index (κ1) is 11.1. The maximum absolute atomic E-state index is 2.39. The lowest BCUT2D eigenvalue weighted by Crippen LogP contribution is -2.22. The SMILES string of the molecule is CCC1CC2CC(SCCC[SiH3])C1C2. The van der Waals surface area contributed by atoms with Crippen molar-refractivity contribution in [1.82, 2.24) is 0 Å². The standard InChI is InChI=1S/C12H24SSi/c1-2-10-6-9-7-11(10)12(8-9)13-4-3-5-14/h9-12H,2-8H2,1,14H3. The van der Waals surface area contributed by atoms with Gasteiger partial charge in [-0.15, -0.1) is 0 Å². The van der Waals surface area contributed by atoms with E-state index in [0.717, 1.165) is 23.0 Å². The highest BCUT2D eigenvalue weighted by atomic mass is 32.2. The first-order chi connectivity index (χ1) is 6.85. The molecular formula is C12H24SSi. The fourth-order valence-electron chi connectivity index (χ4n) is 3.47. The largest absolute Gasteiger partial charge is 0.158 e. The minimum Gasteiger partial charge on any atom is -0.158 e. The van der Waals surface area contributed by atoms with Gasteiger partial charge in [0.1, 0.15) is 0 Å². The number of thioether (sulfide) groups is 1. The summed E-state index contributed by atoms with van der Waals surface area (Å²) in [6.45, 7) is 2.39. The van der Waals surface area contributed by atoms with Gasteiger partial charge in [0.25, 0.3) is 0 Å². The van der Waals surface area contributed by atoms with Crippen LogP contribution in [-0.2, 0) is 0 Å². The monoisotopic (exact) mass is 228 g/mol. The third-order valence-corrected chi connectivity index (χ3v) is 6.45. The summed E-state index contributed by atoms with van der Waals surface area (Å²) >= 11 is 2.31. The van der Waals surface area contributed by atoms with Crippen molar-refractivity contribution < 1.29 is 0 Å². The second-order valence-electron chi connectivity index (χ2n) is 5.17. The van der Waals surface area contributed by atoms with Crippen LogP contribution < -0.4 is 0 Å². The van der Waals surface area contributed by atoms with Crippen LogP contribution in [0.4, 0.5) is 0 Å².